The van der Waals surface area contributed by atoms with E-state index in [0.717, 1.165) is 28.0 Å². The topological polar surface area (TPSA) is 68.8 Å². The summed E-state index contributed by atoms with van der Waals surface area (Å²) >= 11 is 0. The number of ether oxygens (including phenoxy) is 1. The average Bonchev–Trinajstić information content (AvgIpc) is 3.20. The van der Waals surface area contributed by atoms with Gasteiger partial charge in [0.15, 0.2) is 5.76 Å². The number of furan rings is 1. The van der Waals surface area contributed by atoms with Crippen molar-refractivity contribution in [1.29, 1.82) is 0 Å². The first-order chi connectivity index (χ1) is 12.2. The zero-order valence-electron chi connectivity index (χ0n) is 13.9. The first-order valence-corrected chi connectivity index (χ1v) is 7.93. The molecule has 1 amide bonds. The van der Waals surface area contributed by atoms with Crippen LogP contribution in [-0.4, -0.2) is 22.4 Å². The number of aromatic nitrogens is 2. The van der Waals surface area contributed by atoms with E-state index in [9.17, 15) is 4.79 Å². The molecule has 6 nitrogen and oxygen atoms in total. The van der Waals surface area contributed by atoms with Crippen LogP contribution in [0.1, 0.15) is 21.8 Å². The third kappa shape index (κ3) is 2.71. The van der Waals surface area contributed by atoms with Gasteiger partial charge >= 0.3 is 0 Å². The lowest BCUT2D eigenvalue weighted by Crippen LogP contribution is -2.23. The predicted octanol–water partition coefficient (Wildman–Crippen LogP) is 3.33. The minimum Gasteiger partial charge on any atom is -0.497 e. The van der Waals surface area contributed by atoms with Crippen LogP contribution < -0.4 is 10.1 Å². The van der Waals surface area contributed by atoms with Crippen LogP contribution in [0.15, 0.2) is 53.2 Å². The molecule has 3 aromatic heterocycles. The van der Waals surface area contributed by atoms with Crippen LogP contribution in [-0.2, 0) is 6.54 Å². The highest BCUT2D eigenvalue weighted by molar-refractivity contribution is 5.99. The number of amides is 1. The van der Waals surface area contributed by atoms with Gasteiger partial charge in [-0.2, -0.15) is 0 Å². The van der Waals surface area contributed by atoms with Gasteiger partial charge in [0.25, 0.3) is 5.91 Å². The molecule has 0 aliphatic heterocycles. The molecule has 0 aliphatic carbocycles. The summed E-state index contributed by atoms with van der Waals surface area (Å²) in [5.41, 5.74) is 3.09. The Morgan fingerprint density at radius 3 is 3.00 bits per heavy atom. The molecule has 126 valence electrons. The van der Waals surface area contributed by atoms with Crippen LogP contribution >= 0.6 is 0 Å². The lowest BCUT2D eigenvalue weighted by atomic mass is 10.1. The second-order valence-electron chi connectivity index (χ2n) is 5.80. The number of benzene rings is 1. The van der Waals surface area contributed by atoms with Gasteiger partial charge in [-0.3, -0.25) is 4.79 Å². The van der Waals surface area contributed by atoms with E-state index in [1.54, 1.807) is 13.2 Å². The molecule has 0 saturated carbocycles. The summed E-state index contributed by atoms with van der Waals surface area (Å²) in [5, 5.41) is 3.74. The van der Waals surface area contributed by atoms with E-state index in [0.29, 0.717) is 17.9 Å². The summed E-state index contributed by atoms with van der Waals surface area (Å²) < 4.78 is 12.9. The molecule has 0 bridgehead atoms. The maximum Gasteiger partial charge on any atom is 0.287 e. The minimum atomic E-state index is -0.260. The summed E-state index contributed by atoms with van der Waals surface area (Å²) in [6.45, 7) is 2.20. The fourth-order valence-electron chi connectivity index (χ4n) is 2.87. The van der Waals surface area contributed by atoms with Gasteiger partial charge in [-0.15, -0.1) is 0 Å². The Morgan fingerprint density at radius 1 is 1.32 bits per heavy atom. The molecule has 1 aromatic carbocycles. The van der Waals surface area contributed by atoms with Gasteiger partial charge in [-0.25, -0.2) is 4.98 Å². The van der Waals surface area contributed by atoms with E-state index in [4.69, 9.17) is 9.15 Å². The molecule has 0 fully saturated rings. The Morgan fingerprint density at radius 2 is 2.20 bits per heavy atom. The highest BCUT2D eigenvalue weighted by atomic mass is 16.5. The van der Waals surface area contributed by atoms with Crippen LogP contribution in [0.2, 0.25) is 0 Å². The molecule has 0 atom stereocenters. The van der Waals surface area contributed by atoms with Gasteiger partial charge in [-0.1, -0.05) is 6.07 Å². The third-order valence-corrected chi connectivity index (χ3v) is 4.19. The summed E-state index contributed by atoms with van der Waals surface area (Å²) in [4.78, 5) is 17.0. The van der Waals surface area contributed by atoms with E-state index in [-0.39, 0.29) is 5.91 Å². The van der Waals surface area contributed by atoms with Crippen molar-refractivity contribution in [2.45, 2.75) is 13.5 Å². The second-order valence-corrected chi connectivity index (χ2v) is 5.80. The third-order valence-electron chi connectivity index (χ3n) is 4.19. The molecule has 0 saturated heterocycles. The van der Waals surface area contributed by atoms with Crippen molar-refractivity contribution in [2.75, 3.05) is 7.11 Å². The Bertz CT molecular complexity index is 1050. The van der Waals surface area contributed by atoms with Crippen LogP contribution in [0, 0.1) is 6.92 Å². The molecule has 6 heteroatoms. The first kappa shape index (κ1) is 15.3. The van der Waals surface area contributed by atoms with Crippen LogP contribution in [0.5, 0.6) is 5.75 Å². The molecule has 0 unspecified atom stereocenters. The maximum atomic E-state index is 12.5. The monoisotopic (exact) mass is 335 g/mol. The molecule has 0 spiro atoms. The second kappa shape index (κ2) is 5.98. The predicted molar refractivity (Wildman–Crippen MR) is 93.9 cm³/mol. The van der Waals surface area contributed by atoms with Crippen LogP contribution in [0.25, 0.3) is 16.6 Å². The number of aryl methyl sites for hydroxylation is 1. The normalized spacial score (nSPS) is 11.1. The lowest BCUT2D eigenvalue weighted by Gasteiger charge is -2.01. The van der Waals surface area contributed by atoms with Gasteiger partial charge in [-0.05, 0) is 37.3 Å². The van der Waals surface area contributed by atoms with Crippen molar-refractivity contribution in [3.8, 4) is 5.75 Å². The Hall–Kier alpha value is -3.28. The molecule has 1 N–H and O–H groups in total. The van der Waals surface area contributed by atoms with Crippen molar-refractivity contribution >= 4 is 22.5 Å². The molecule has 3 heterocycles. The Kier molecular flexibility index (Phi) is 3.65. The molecule has 25 heavy (non-hydrogen) atoms. The molecule has 4 aromatic rings. The van der Waals surface area contributed by atoms with E-state index >= 15 is 0 Å². The minimum absolute atomic E-state index is 0.260. The number of nitrogens with zero attached hydrogens (tertiary/aromatic N) is 2. The number of carbonyl (C=O) groups excluding carboxylic acids is 1. The van der Waals surface area contributed by atoms with E-state index in [1.807, 2.05) is 54.0 Å². The van der Waals surface area contributed by atoms with Crippen LogP contribution in [0.4, 0.5) is 0 Å². The first-order valence-electron chi connectivity index (χ1n) is 7.93. The molecule has 0 radical (unpaired) electrons. The maximum absolute atomic E-state index is 12.5. The Balaban J connectivity index is 1.56. The smallest absolute Gasteiger partial charge is 0.287 e. The fraction of sp³-hybridized carbons (Fsp3) is 0.158. The van der Waals surface area contributed by atoms with Crippen molar-refractivity contribution in [3.05, 3.63) is 65.8 Å². The van der Waals surface area contributed by atoms with Gasteiger partial charge in [0, 0.05) is 23.3 Å². The van der Waals surface area contributed by atoms with Crippen molar-refractivity contribution in [3.63, 3.8) is 0 Å². The number of imidazole rings is 1. The molecule has 4 rings (SSSR count). The summed E-state index contributed by atoms with van der Waals surface area (Å²) in [6.07, 6.45) is 3.82. The van der Waals surface area contributed by atoms with E-state index < -0.39 is 0 Å². The van der Waals surface area contributed by atoms with Gasteiger partial charge in [0.2, 0.25) is 0 Å². The summed E-state index contributed by atoms with van der Waals surface area (Å²) in [7, 11) is 1.61. The van der Waals surface area contributed by atoms with Gasteiger partial charge in [0.05, 0.1) is 19.3 Å². The number of methoxy groups -OCH3 is 1. The number of pyridine rings is 1. The van der Waals surface area contributed by atoms with Gasteiger partial charge in [0.1, 0.15) is 17.0 Å². The largest absolute Gasteiger partial charge is 0.497 e. The van der Waals surface area contributed by atoms with Crippen molar-refractivity contribution < 1.29 is 13.9 Å². The number of nitrogens with one attached hydrogen (secondary N) is 1. The Labute approximate surface area is 144 Å². The molecular formula is C19H17N3O3. The quantitative estimate of drug-likeness (QED) is 0.621. The fourth-order valence-corrected chi connectivity index (χ4v) is 2.87. The molecular weight excluding hydrogens is 318 g/mol. The van der Waals surface area contributed by atoms with E-state index in [2.05, 4.69) is 10.3 Å². The van der Waals surface area contributed by atoms with E-state index in [1.165, 1.54) is 0 Å². The SMILES string of the molecule is COc1ccc2oc(C(=O)NCc3cn4ccccc4n3)c(C)c2c1. The number of fused-ring (bicyclic) bond motifs is 2. The number of carbonyl (C=O) groups is 1. The summed E-state index contributed by atoms with van der Waals surface area (Å²) in [5.74, 6) is 0.782. The highest BCUT2D eigenvalue weighted by Gasteiger charge is 2.18. The average molecular weight is 335 g/mol. The zero-order valence-corrected chi connectivity index (χ0v) is 13.9. The number of hydrogen-bond donors (Lipinski definition) is 1. The van der Waals surface area contributed by atoms with Crippen LogP contribution in [0.3, 0.4) is 0 Å². The zero-order chi connectivity index (χ0) is 17.4. The number of hydrogen-bond acceptors (Lipinski definition) is 4. The van der Waals surface area contributed by atoms with Crippen molar-refractivity contribution in [2.24, 2.45) is 0 Å². The highest BCUT2D eigenvalue weighted by Crippen LogP contribution is 2.28. The summed E-state index contributed by atoms with van der Waals surface area (Å²) in [6, 6.07) is 11.3. The number of rotatable bonds is 4. The standard InChI is InChI=1S/C19H17N3O3/c1-12-15-9-14(24-2)6-7-16(15)25-18(12)19(23)20-10-13-11-22-8-4-3-5-17(22)21-13/h3-9,11H,10H2,1-2H3,(H,20,23). The molecule has 0 aliphatic rings. The van der Waals surface area contributed by atoms with Gasteiger partial charge < -0.3 is 18.9 Å². The lowest BCUT2D eigenvalue weighted by molar-refractivity contribution is 0.0924. The van der Waals surface area contributed by atoms with Crippen molar-refractivity contribution in [1.82, 2.24) is 14.7 Å².